The van der Waals surface area contributed by atoms with Gasteiger partial charge in [0.2, 0.25) is 5.95 Å². The molecule has 5 N–H and O–H groups in total. The highest BCUT2D eigenvalue weighted by atomic mass is 19.4. The third kappa shape index (κ3) is 8.88. The number of aromatic nitrogens is 2. The third-order valence-corrected chi connectivity index (χ3v) is 3.96. The Hall–Kier alpha value is -3.68. The minimum absolute atomic E-state index is 0.00334. The number of nitrogens with two attached hydrogens (primary N) is 1. The number of carbonyl (C=O) groups excluding carboxylic acids is 1. The lowest BCUT2D eigenvalue weighted by Gasteiger charge is -2.15. The minimum Gasteiger partial charge on any atom is -0.397 e. The third-order valence-electron chi connectivity index (χ3n) is 3.96. The van der Waals surface area contributed by atoms with Gasteiger partial charge in [-0.05, 0) is 30.3 Å². The molecule has 0 fully saturated rings. The Morgan fingerprint density at radius 1 is 1.11 bits per heavy atom. The number of nitrogens with zero attached hydrogens (tertiary/aromatic N) is 3. The highest BCUT2D eigenvalue weighted by Gasteiger charge is 2.37. The van der Waals surface area contributed by atoms with Crippen LogP contribution < -0.4 is 16.4 Å². The number of hydrogen-bond donors (Lipinski definition) is 4. The summed E-state index contributed by atoms with van der Waals surface area (Å²) in [5.41, 5.74) is 2.17. The molecule has 0 atom stereocenters. The van der Waals surface area contributed by atoms with Gasteiger partial charge in [-0.25, -0.2) is 9.97 Å². The largest absolute Gasteiger partial charge is 0.416 e. The van der Waals surface area contributed by atoms with Crippen molar-refractivity contribution in [2.75, 3.05) is 25.5 Å². The monoisotopic (exact) mass is 506 g/mol. The molecule has 0 aliphatic carbocycles. The van der Waals surface area contributed by atoms with Crippen molar-refractivity contribution in [3.63, 3.8) is 0 Å². The van der Waals surface area contributed by atoms with Gasteiger partial charge in [0.1, 0.15) is 5.71 Å². The van der Waals surface area contributed by atoms with Crippen LogP contribution >= 0.6 is 0 Å². The highest BCUT2D eigenvalue weighted by molar-refractivity contribution is 6.44. The van der Waals surface area contributed by atoms with E-state index in [1.165, 1.54) is 13.1 Å². The lowest BCUT2D eigenvalue weighted by molar-refractivity contribution is -0.143. The van der Waals surface area contributed by atoms with Gasteiger partial charge in [-0.2, -0.15) is 26.3 Å². The number of nitrogens with one attached hydrogen (secondary N) is 2. The number of rotatable bonds is 7. The van der Waals surface area contributed by atoms with E-state index in [0.29, 0.717) is 12.1 Å². The molecule has 1 aromatic heterocycles. The number of halogens is 6. The molecule has 14 heteroatoms. The summed E-state index contributed by atoms with van der Waals surface area (Å²) < 4.78 is 78.2. The lowest BCUT2D eigenvalue weighted by atomic mass is 10.1. The number of benzene rings is 1. The van der Waals surface area contributed by atoms with Gasteiger partial charge >= 0.3 is 12.4 Å². The molecule has 0 bridgehead atoms. The maximum atomic E-state index is 13.0. The van der Waals surface area contributed by atoms with E-state index in [-0.39, 0.29) is 42.3 Å². The van der Waals surface area contributed by atoms with E-state index in [9.17, 15) is 31.1 Å². The van der Waals surface area contributed by atoms with Crippen LogP contribution in [0.4, 0.5) is 38.0 Å². The molecular formula is C21H24F6N6O2. The Kier molecular flexibility index (Phi) is 10.6. The molecule has 0 aliphatic rings. The van der Waals surface area contributed by atoms with Crippen LogP contribution in [0.25, 0.3) is 5.70 Å². The normalized spacial score (nSPS) is 12.5. The summed E-state index contributed by atoms with van der Waals surface area (Å²) in [5.74, 6) is -0.971. The standard InChI is InChI=1S/C19H18F6N6O2.C2H6/c1-27-15(16(33)28-4-5-32)9-13(26)14-2-3-29-17(31-14)30-12-7-10(18(20,21)22)6-11(8-12)19(23,24)25;1-2/h2-3,6-9,32H,4-5,26H2,1H3,(H,28,33)(H,29,30,31);1-2H3/b13-9-,27-15?;. The zero-order chi connectivity index (χ0) is 26.8. The molecular weight excluding hydrogens is 482 g/mol. The van der Waals surface area contributed by atoms with Crippen LogP contribution in [0, 0.1) is 0 Å². The first-order valence-corrected chi connectivity index (χ1v) is 10.1. The highest BCUT2D eigenvalue weighted by Crippen LogP contribution is 2.37. The van der Waals surface area contributed by atoms with Gasteiger partial charge in [0.15, 0.2) is 0 Å². The summed E-state index contributed by atoms with van der Waals surface area (Å²) in [6.45, 7) is 3.68. The van der Waals surface area contributed by atoms with Crippen molar-refractivity contribution in [1.29, 1.82) is 0 Å². The first-order chi connectivity index (χ1) is 16.3. The molecule has 2 rings (SSSR count). The van der Waals surface area contributed by atoms with Crippen LogP contribution in [0.5, 0.6) is 0 Å². The van der Waals surface area contributed by atoms with Gasteiger partial charge in [-0.15, -0.1) is 0 Å². The second-order valence-corrected chi connectivity index (χ2v) is 6.37. The van der Waals surface area contributed by atoms with E-state index in [0.717, 1.165) is 12.3 Å². The molecule has 0 saturated carbocycles. The van der Waals surface area contributed by atoms with E-state index in [2.05, 4.69) is 25.6 Å². The molecule has 0 radical (unpaired) electrons. The smallest absolute Gasteiger partial charge is 0.397 e. The van der Waals surface area contributed by atoms with Crippen molar-refractivity contribution in [2.45, 2.75) is 26.2 Å². The minimum atomic E-state index is -5.01. The Bertz CT molecular complexity index is 1030. The summed E-state index contributed by atoms with van der Waals surface area (Å²) in [5, 5.41) is 13.4. The fourth-order valence-corrected chi connectivity index (χ4v) is 2.45. The quantitative estimate of drug-likeness (QED) is 0.335. The van der Waals surface area contributed by atoms with Crippen LogP contribution in [0.1, 0.15) is 30.7 Å². The fourth-order valence-electron chi connectivity index (χ4n) is 2.45. The molecule has 192 valence electrons. The molecule has 35 heavy (non-hydrogen) atoms. The predicted octanol–water partition coefficient (Wildman–Crippen LogP) is 3.76. The second-order valence-electron chi connectivity index (χ2n) is 6.37. The van der Waals surface area contributed by atoms with Gasteiger partial charge in [-0.1, -0.05) is 13.8 Å². The van der Waals surface area contributed by atoms with E-state index >= 15 is 0 Å². The van der Waals surface area contributed by atoms with Crippen LogP contribution in [0.15, 0.2) is 41.5 Å². The van der Waals surface area contributed by atoms with E-state index in [1.54, 1.807) is 0 Å². The van der Waals surface area contributed by atoms with Crippen LogP contribution in [0.3, 0.4) is 0 Å². The molecule has 0 saturated heterocycles. The average molecular weight is 506 g/mol. The summed E-state index contributed by atoms with van der Waals surface area (Å²) in [4.78, 5) is 23.4. The molecule has 1 aromatic carbocycles. The fraction of sp³-hybridized carbons (Fsp3) is 0.333. The van der Waals surface area contributed by atoms with Crippen LogP contribution in [-0.4, -0.2) is 46.9 Å². The molecule has 1 amide bonds. The number of aliphatic hydroxyl groups excluding tert-OH is 1. The predicted molar refractivity (Wildman–Crippen MR) is 119 cm³/mol. The maximum Gasteiger partial charge on any atom is 0.416 e. The van der Waals surface area contributed by atoms with E-state index in [4.69, 9.17) is 10.8 Å². The number of aliphatic hydroxyl groups is 1. The van der Waals surface area contributed by atoms with Crippen LogP contribution in [-0.2, 0) is 17.1 Å². The van der Waals surface area contributed by atoms with Crippen LogP contribution in [0.2, 0.25) is 0 Å². The molecule has 0 aliphatic heterocycles. The van der Waals surface area contributed by atoms with Crippen molar-refractivity contribution in [3.05, 3.63) is 53.4 Å². The topological polar surface area (TPSA) is 126 Å². The Balaban J connectivity index is 0.00000298. The van der Waals surface area contributed by atoms with Gasteiger partial charge in [0, 0.05) is 25.5 Å². The summed E-state index contributed by atoms with van der Waals surface area (Å²) in [7, 11) is 1.32. The van der Waals surface area contributed by atoms with Gasteiger partial charge in [-0.3, -0.25) is 9.79 Å². The Labute approximate surface area is 197 Å². The first-order valence-electron chi connectivity index (χ1n) is 10.1. The molecule has 0 spiro atoms. The second kappa shape index (κ2) is 12.7. The maximum absolute atomic E-state index is 13.0. The lowest BCUT2D eigenvalue weighted by Crippen LogP contribution is -2.32. The number of alkyl halides is 6. The van der Waals surface area contributed by atoms with Crippen molar-refractivity contribution in [1.82, 2.24) is 15.3 Å². The van der Waals surface area contributed by atoms with Gasteiger partial charge < -0.3 is 21.5 Å². The number of anilines is 2. The summed E-state index contributed by atoms with van der Waals surface area (Å²) >= 11 is 0. The van der Waals surface area contributed by atoms with Crippen molar-refractivity contribution < 1.29 is 36.2 Å². The number of hydrogen-bond acceptors (Lipinski definition) is 7. The van der Waals surface area contributed by atoms with Crippen molar-refractivity contribution >= 4 is 29.0 Å². The van der Waals surface area contributed by atoms with Crippen molar-refractivity contribution in [3.8, 4) is 0 Å². The number of amides is 1. The molecule has 8 nitrogen and oxygen atoms in total. The van der Waals surface area contributed by atoms with Gasteiger partial charge in [0.25, 0.3) is 5.91 Å². The molecule has 0 unspecified atom stereocenters. The first kappa shape index (κ1) is 29.4. The molecule has 1 heterocycles. The summed E-state index contributed by atoms with van der Waals surface area (Å²) in [6, 6.07) is 2.27. The van der Waals surface area contributed by atoms with Crippen molar-refractivity contribution in [2.24, 2.45) is 10.7 Å². The number of carbonyl (C=O) groups is 1. The zero-order valence-electron chi connectivity index (χ0n) is 18.9. The summed E-state index contributed by atoms with van der Waals surface area (Å²) in [6.07, 6.45) is -7.71. The SMILES string of the molecule is CC.CN=C(/C=C(\N)c1ccnc(Nc2cc(C(F)(F)F)cc(C(F)(F)F)c2)n1)C(=O)NCCO. The Morgan fingerprint density at radius 2 is 1.69 bits per heavy atom. The van der Waals surface area contributed by atoms with Gasteiger partial charge in [0.05, 0.1) is 29.1 Å². The van der Waals surface area contributed by atoms with E-state index < -0.39 is 35.1 Å². The molecule has 2 aromatic rings. The average Bonchev–Trinajstić information content (AvgIpc) is 2.81. The van der Waals surface area contributed by atoms with E-state index in [1.807, 2.05) is 13.8 Å². The zero-order valence-corrected chi connectivity index (χ0v) is 18.9. The Morgan fingerprint density at radius 3 is 2.17 bits per heavy atom. The number of aliphatic imine (C=N–C) groups is 1.